The Balaban J connectivity index is 1.74. The van der Waals surface area contributed by atoms with Gasteiger partial charge >= 0.3 is 5.69 Å². The summed E-state index contributed by atoms with van der Waals surface area (Å²) in [7, 11) is 2.89. The Labute approximate surface area is 153 Å². The maximum absolute atomic E-state index is 12.3. The molecule has 0 saturated carbocycles. The minimum atomic E-state index is -0.515. The van der Waals surface area contributed by atoms with Crippen LogP contribution < -0.4 is 16.7 Å². The lowest BCUT2D eigenvalue weighted by Gasteiger charge is -2.05. The molecular formula is C17H18N6O4. The fraction of sp³-hybridized carbons (Fsp3) is 0.235. The molecule has 0 radical (unpaired) electrons. The number of rotatable bonds is 5. The van der Waals surface area contributed by atoms with Crippen molar-refractivity contribution in [2.45, 2.75) is 13.5 Å². The molecule has 0 spiro atoms. The molecule has 1 amide bonds. The number of furan rings is 1. The van der Waals surface area contributed by atoms with Crippen LogP contribution in [0.15, 0.2) is 49.4 Å². The van der Waals surface area contributed by atoms with Gasteiger partial charge in [-0.1, -0.05) is 0 Å². The number of hydrogen-bond donors (Lipinski definition) is 1. The lowest BCUT2D eigenvalue weighted by molar-refractivity contribution is -0.121. The van der Waals surface area contributed by atoms with Gasteiger partial charge in [0.1, 0.15) is 12.3 Å². The first-order valence-corrected chi connectivity index (χ1v) is 8.03. The zero-order valence-electron chi connectivity index (χ0n) is 15.0. The van der Waals surface area contributed by atoms with E-state index in [2.05, 4.69) is 15.5 Å². The summed E-state index contributed by atoms with van der Waals surface area (Å²) >= 11 is 0. The number of allylic oxidation sites excluding steroid dienone is 1. The number of nitrogens with one attached hydrogen (secondary N) is 1. The van der Waals surface area contributed by atoms with Gasteiger partial charge in [-0.3, -0.25) is 18.7 Å². The van der Waals surface area contributed by atoms with Gasteiger partial charge in [0, 0.05) is 14.1 Å². The molecule has 27 heavy (non-hydrogen) atoms. The smallest absolute Gasteiger partial charge is 0.332 e. The van der Waals surface area contributed by atoms with Crippen molar-refractivity contribution in [1.29, 1.82) is 0 Å². The van der Waals surface area contributed by atoms with E-state index in [1.165, 1.54) is 35.8 Å². The number of amides is 1. The van der Waals surface area contributed by atoms with Crippen LogP contribution >= 0.6 is 0 Å². The van der Waals surface area contributed by atoms with E-state index in [0.717, 1.165) is 10.1 Å². The highest BCUT2D eigenvalue weighted by Crippen LogP contribution is 2.06. The third kappa shape index (κ3) is 3.64. The van der Waals surface area contributed by atoms with Gasteiger partial charge in [-0.25, -0.2) is 15.2 Å². The van der Waals surface area contributed by atoms with Gasteiger partial charge in [-0.2, -0.15) is 5.10 Å². The predicted molar refractivity (Wildman–Crippen MR) is 99.2 cm³/mol. The molecule has 0 aliphatic rings. The van der Waals surface area contributed by atoms with E-state index in [1.54, 1.807) is 24.5 Å². The molecule has 0 aromatic carbocycles. The first kappa shape index (κ1) is 18.1. The van der Waals surface area contributed by atoms with Gasteiger partial charge < -0.3 is 8.98 Å². The first-order chi connectivity index (χ1) is 12.9. The maximum atomic E-state index is 12.3. The van der Waals surface area contributed by atoms with Crippen LogP contribution in [-0.2, 0) is 25.4 Å². The second-order valence-electron chi connectivity index (χ2n) is 5.95. The van der Waals surface area contributed by atoms with Crippen LogP contribution in [0.1, 0.15) is 12.7 Å². The standard InChI is InChI=1S/C17H18N6O4/c1-11(7-12-5-4-6-27-12)8-19-20-13(24)9-23-10-18-15-14(23)16(25)22(3)17(26)21(15)2/h4-8,10H,9H2,1-3H3,(H,20,24). The molecule has 3 rings (SSSR count). The van der Waals surface area contributed by atoms with E-state index in [0.29, 0.717) is 5.76 Å². The lowest BCUT2D eigenvalue weighted by Crippen LogP contribution is -2.38. The molecule has 0 atom stereocenters. The van der Waals surface area contributed by atoms with Crippen molar-refractivity contribution < 1.29 is 9.21 Å². The molecule has 1 N–H and O–H groups in total. The van der Waals surface area contributed by atoms with Crippen LogP contribution in [0, 0.1) is 0 Å². The van der Waals surface area contributed by atoms with Crippen molar-refractivity contribution >= 4 is 29.4 Å². The van der Waals surface area contributed by atoms with Crippen LogP contribution in [0.25, 0.3) is 17.2 Å². The number of carbonyl (C=O) groups is 1. The Morgan fingerprint density at radius 3 is 2.81 bits per heavy atom. The normalized spacial score (nSPS) is 12.2. The average Bonchev–Trinajstić information content (AvgIpc) is 3.28. The van der Waals surface area contributed by atoms with E-state index in [-0.39, 0.29) is 17.7 Å². The summed E-state index contributed by atoms with van der Waals surface area (Å²) in [5.41, 5.74) is 2.57. The number of hydrazone groups is 1. The quantitative estimate of drug-likeness (QED) is 0.510. The van der Waals surface area contributed by atoms with Crippen LogP contribution in [0.2, 0.25) is 0 Å². The third-order valence-electron chi connectivity index (χ3n) is 3.90. The molecule has 3 aromatic rings. The Morgan fingerprint density at radius 1 is 1.33 bits per heavy atom. The van der Waals surface area contributed by atoms with Crippen LogP contribution in [0.5, 0.6) is 0 Å². The summed E-state index contributed by atoms with van der Waals surface area (Å²) in [5.74, 6) is 0.240. The number of carbonyl (C=O) groups excluding carboxylic acids is 1. The molecule has 10 nitrogen and oxygen atoms in total. The van der Waals surface area contributed by atoms with E-state index < -0.39 is 17.2 Å². The molecule has 0 aliphatic carbocycles. The van der Waals surface area contributed by atoms with Gasteiger partial charge in [-0.15, -0.1) is 0 Å². The van der Waals surface area contributed by atoms with E-state index in [1.807, 2.05) is 6.92 Å². The Morgan fingerprint density at radius 2 is 2.11 bits per heavy atom. The zero-order chi connectivity index (χ0) is 19.6. The summed E-state index contributed by atoms with van der Waals surface area (Å²) in [6, 6.07) is 3.57. The van der Waals surface area contributed by atoms with Gasteiger partial charge in [0.15, 0.2) is 11.2 Å². The van der Waals surface area contributed by atoms with E-state index in [4.69, 9.17) is 4.42 Å². The van der Waals surface area contributed by atoms with E-state index >= 15 is 0 Å². The van der Waals surface area contributed by atoms with Crippen LogP contribution in [0.3, 0.4) is 0 Å². The minimum Gasteiger partial charge on any atom is -0.465 e. The third-order valence-corrected chi connectivity index (χ3v) is 3.90. The van der Waals surface area contributed by atoms with Crippen molar-refractivity contribution in [2.75, 3.05) is 0 Å². The molecule has 0 saturated heterocycles. The zero-order valence-corrected chi connectivity index (χ0v) is 15.0. The van der Waals surface area contributed by atoms with Crippen LogP contribution in [0.4, 0.5) is 0 Å². The molecule has 3 heterocycles. The highest BCUT2D eigenvalue weighted by Gasteiger charge is 2.15. The Kier molecular flexibility index (Phi) is 4.88. The second kappa shape index (κ2) is 7.28. The van der Waals surface area contributed by atoms with Crippen LogP contribution in [-0.4, -0.2) is 30.8 Å². The highest BCUT2D eigenvalue weighted by atomic mass is 16.3. The molecule has 3 aromatic heterocycles. The van der Waals surface area contributed by atoms with E-state index in [9.17, 15) is 14.4 Å². The summed E-state index contributed by atoms with van der Waals surface area (Å²) in [6.45, 7) is 1.65. The van der Waals surface area contributed by atoms with Crippen molar-refractivity contribution in [3.8, 4) is 0 Å². The van der Waals surface area contributed by atoms with Crippen molar-refractivity contribution in [3.05, 3.63) is 56.9 Å². The fourth-order valence-electron chi connectivity index (χ4n) is 2.55. The molecular weight excluding hydrogens is 352 g/mol. The van der Waals surface area contributed by atoms with Crippen molar-refractivity contribution in [3.63, 3.8) is 0 Å². The van der Waals surface area contributed by atoms with Crippen molar-refractivity contribution in [1.82, 2.24) is 24.1 Å². The predicted octanol–water partition coefficient (Wildman–Crippen LogP) is 0.232. The van der Waals surface area contributed by atoms with Gasteiger partial charge in [-0.05, 0) is 30.7 Å². The van der Waals surface area contributed by atoms with Gasteiger partial charge in [0.2, 0.25) is 0 Å². The lowest BCUT2D eigenvalue weighted by atomic mass is 10.3. The highest BCUT2D eigenvalue weighted by molar-refractivity contribution is 5.86. The maximum Gasteiger partial charge on any atom is 0.332 e. The number of hydrogen-bond acceptors (Lipinski definition) is 6. The van der Waals surface area contributed by atoms with Gasteiger partial charge in [0.25, 0.3) is 11.5 Å². The summed E-state index contributed by atoms with van der Waals surface area (Å²) in [6.07, 6.45) is 6.16. The second-order valence-corrected chi connectivity index (χ2v) is 5.95. The topological polar surface area (TPSA) is 116 Å². The Hall–Kier alpha value is -3.69. The van der Waals surface area contributed by atoms with Crippen molar-refractivity contribution in [2.24, 2.45) is 19.2 Å². The molecule has 0 aliphatic heterocycles. The molecule has 0 fully saturated rings. The largest absolute Gasteiger partial charge is 0.465 e. The number of fused-ring (bicyclic) bond motifs is 1. The first-order valence-electron chi connectivity index (χ1n) is 8.03. The molecule has 0 unspecified atom stereocenters. The number of imidazole rings is 1. The summed E-state index contributed by atoms with van der Waals surface area (Å²) in [5, 5.41) is 3.88. The monoisotopic (exact) mass is 370 g/mol. The van der Waals surface area contributed by atoms with Gasteiger partial charge in [0.05, 0.1) is 18.8 Å². The number of aryl methyl sites for hydroxylation is 1. The average molecular weight is 370 g/mol. The SMILES string of the molecule is CC(C=NNC(=O)Cn1cnc2c1c(=O)n(C)c(=O)n2C)=Cc1ccco1. The Bertz CT molecular complexity index is 1160. The minimum absolute atomic E-state index is 0.164. The fourth-order valence-corrected chi connectivity index (χ4v) is 2.55. The molecule has 0 bridgehead atoms. The summed E-state index contributed by atoms with van der Waals surface area (Å²) in [4.78, 5) is 40.4. The summed E-state index contributed by atoms with van der Waals surface area (Å²) < 4.78 is 8.80. The molecule has 140 valence electrons. The molecule has 10 heteroatoms. The number of aromatic nitrogens is 4. The number of nitrogens with zero attached hydrogens (tertiary/aromatic N) is 5.